The molecule has 6 heteroatoms. The zero-order valence-corrected chi connectivity index (χ0v) is 9.42. The summed E-state index contributed by atoms with van der Waals surface area (Å²) < 4.78 is 25.0. The summed E-state index contributed by atoms with van der Waals surface area (Å²) in [4.78, 5) is 3.67. The number of hydrogen-bond donors (Lipinski definition) is 0. The van der Waals surface area contributed by atoms with Crippen molar-refractivity contribution >= 4 is 43.5 Å². The van der Waals surface area contributed by atoms with E-state index in [0.717, 1.165) is 0 Å². The van der Waals surface area contributed by atoms with E-state index in [9.17, 15) is 8.78 Å². The Balaban J connectivity index is 3.33. The second kappa shape index (κ2) is 3.98. The average Bonchev–Trinajstić information content (AvgIpc) is 1.97. The van der Waals surface area contributed by atoms with Crippen molar-refractivity contribution in [2.45, 2.75) is 6.43 Å². The number of aromatic nitrogens is 1. The first-order valence-corrected chi connectivity index (χ1v) is 4.78. The number of alkyl halides is 2. The summed E-state index contributed by atoms with van der Waals surface area (Å²) in [6, 6.07) is 0. The van der Waals surface area contributed by atoms with Crippen LogP contribution in [-0.4, -0.2) is 4.98 Å². The van der Waals surface area contributed by atoms with Crippen molar-refractivity contribution in [3.8, 4) is 0 Å². The van der Waals surface area contributed by atoms with Gasteiger partial charge in [-0.15, -0.1) is 0 Å². The highest BCUT2D eigenvalue weighted by molar-refractivity contribution is 9.11. The Morgan fingerprint density at radius 1 is 1.42 bits per heavy atom. The number of nitrogens with zero attached hydrogens (tertiary/aromatic N) is 1. The number of halogens is 5. The lowest BCUT2D eigenvalue weighted by atomic mass is 10.3. The van der Waals surface area contributed by atoms with E-state index in [1.807, 2.05) is 0 Å². The lowest BCUT2D eigenvalue weighted by molar-refractivity contribution is 0.150. The molecule has 12 heavy (non-hydrogen) atoms. The molecule has 1 rings (SSSR count). The number of hydrogen-bond acceptors (Lipinski definition) is 1. The van der Waals surface area contributed by atoms with E-state index < -0.39 is 6.43 Å². The maximum Gasteiger partial charge on any atom is 0.267 e. The van der Waals surface area contributed by atoms with Crippen molar-refractivity contribution in [3.63, 3.8) is 0 Å². The zero-order chi connectivity index (χ0) is 9.30. The molecule has 0 N–H and O–H groups in total. The standard InChI is InChI=1S/C6H2Br2ClF2N/c7-2-1-12-5(8)3(4(2)9)6(10)11/h1,6H. The maximum atomic E-state index is 12.3. The molecule has 0 spiro atoms. The molecular formula is C6H2Br2ClF2N. The van der Waals surface area contributed by atoms with Gasteiger partial charge in [0.2, 0.25) is 0 Å². The first-order valence-electron chi connectivity index (χ1n) is 2.81. The van der Waals surface area contributed by atoms with Gasteiger partial charge in [0.15, 0.2) is 0 Å². The molecule has 0 fully saturated rings. The fourth-order valence-electron chi connectivity index (χ4n) is 0.645. The van der Waals surface area contributed by atoms with Crippen LogP contribution in [0.1, 0.15) is 12.0 Å². The summed E-state index contributed by atoms with van der Waals surface area (Å²) >= 11 is 11.5. The summed E-state index contributed by atoms with van der Waals surface area (Å²) in [7, 11) is 0. The van der Waals surface area contributed by atoms with Crippen LogP contribution in [0.2, 0.25) is 5.02 Å². The van der Waals surface area contributed by atoms with Crippen molar-refractivity contribution in [2.24, 2.45) is 0 Å². The highest BCUT2D eigenvalue weighted by Crippen LogP contribution is 2.36. The normalized spacial score (nSPS) is 10.8. The SMILES string of the molecule is FC(F)c1c(Br)ncc(Br)c1Cl. The Hall–Kier alpha value is 0.260. The molecule has 1 aromatic heterocycles. The van der Waals surface area contributed by atoms with Gasteiger partial charge in [-0.3, -0.25) is 0 Å². The fraction of sp³-hybridized carbons (Fsp3) is 0.167. The minimum Gasteiger partial charge on any atom is -0.248 e. The van der Waals surface area contributed by atoms with Gasteiger partial charge in [0, 0.05) is 6.20 Å². The van der Waals surface area contributed by atoms with Crippen LogP contribution in [0.15, 0.2) is 15.3 Å². The van der Waals surface area contributed by atoms with E-state index in [-0.39, 0.29) is 15.2 Å². The Bertz CT molecular complexity index is 306. The molecule has 0 saturated heterocycles. The lowest BCUT2D eigenvalue weighted by Gasteiger charge is -2.05. The molecule has 1 nitrogen and oxygen atoms in total. The van der Waals surface area contributed by atoms with Crippen LogP contribution >= 0.6 is 43.5 Å². The highest BCUT2D eigenvalue weighted by Gasteiger charge is 2.18. The minimum atomic E-state index is -2.63. The van der Waals surface area contributed by atoms with E-state index in [4.69, 9.17) is 11.6 Å². The fourth-order valence-corrected chi connectivity index (χ4v) is 1.77. The van der Waals surface area contributed by atoms with Gasteiger partial charge in [-0.2, -0.15) is 0 Å². The largest absolute Gasteiger partial charge is 0.267 e. The highest BCUT2D eigenvalue weighted by atomic mass is 79.9. The minimum absolute atomic E-state index is 0.00752. The van der Waals surface area contributed by atoms with E-state index in [1.165, 1.54) is 6.20 Å². The Morgan fingerprint density at radius 3 is 2.42 bits per heavy atom. The smallest absolute Gasteiger partial charge is 0.248 e. The third-order valence-corrected chi connectivity index (χ3v) is 3.05. The Labute approximate surface area is 89.4 Å². The molecule has 1 heterocycles. The molecule has 0 aliphatic rings. The predicted molar refractivity (Wildman–Crippen MR) is 49.6 cm³/mol. The lowest BCUT2D eigenvalue weighted by Crippen LogP contribution is -1.91. The van der Waals surface area contributed by atoms with Gasteiger partial charge in [0.1, 0.15) is 4.60 Å². The van der Waals surface area contributed by atoms with Gasteiger partial charge >= 0.3 is 0 Å². The van der Waals surface area contributed by atoms with E-state index >= 15 is 0 Å². The number of pyridine rings is 1. The van der Waals surface area contributed by atoms with Crippen LogP contribution in [0, 0.1) is 0 Å². The van der Waals surface area contributed by atoms with Crippen molar-refractivity contribution < 1.29 is 8.78 Å². The molecule has 0 atom stereocenters. The molecular weight excluding hydrogens is 319 g/mol. The van der Waals surface area contributed by atoms with Crippen molar-refractivity contribution in [2.75, 3.05) is 0 Å². The Morgan fingerprint density at radius 2 is 2.00 bits per heavy atom. The van der Waals surface area contributed by atoms with Gasteiger partial charge < -0.3 is 0 Å². The average molecular weight is 321 g/mol. The van der Waals surface area contributed by atoms with Crippen LogP contribution < -0.4 is 0 Å². The van der Waals surface area contributed by atoms with Crippen molar-refractivity contribution in [1.82, 2.24) is 4.98 Å². The molecule has 1 aromatic rings. The van der Waals surface area contributed by atoms with E-state index in [1.54, 1.807) is 0 Å². The van der Waals surface area contributed by atoms with Gasteiger partial charge in [-0.1, -0.05) is 11.6 Å². The monoisotopic (exact) mass is 319 g/mol. The molecule has 0 bridgehead atoms. The van der Waals surface area contributed by atoms with Gasteiger partial charge in [0.25, 0.3) is 6.43 Å². The van der Waals surface area contributed by atoms with Crippen LogP contribution in [0.5, 0.6) is 0 Å². The molecule has 66 valence electrons. The summed E-state index contributed by atoms with van der Waals surface area (Å²) in [6.07, 6.45) is -1.27. The van der Waals surface area contributed by atoms with Crippen LogP contribution in [0.25, 0.3) is 0 Å². The molecule has 0 amide bonds. The second-order valence-electron chi connectivity index (χ2n) is 1.93. The summed E-state index contributed by atoms with van der Waals surface area (Å²) in [5, 5.41) is -0.00752. The molecule has 0 aliphatic carbocycles. The molecule has 0 radical (unpaired) electrons. The predicted octanol–water partition coefficient (Wildman–Crippen LogP) is 4.20. The summed E-state index contributed by atoms with van der Waals surface area (Å²) in [5.41, 5.74) is -0.286. The Kier molecular flexibility index (Phi) is 3.43. The zero-order valence-electron chi connectivity index (χ0n) is 5.49. The van der Waals surface area contributed by atoms with Crippen LogP contribution in [0.3, 0.4) is 0 Å². The topological polar surface area (TPSA) is 12.9 Å². The van der Waals surface area contributed by atoms with Gasteiger partial charge in [0.05, 0.1) is 15.1 Å². The van der Waals surface area contributed by atoms with Crippen LogP contribution in [-0.2, 0) is 0 Å². The molecule has 0 saturated carbocycles. The van der Waals surface area contributed by atoms with Crippen molar-refractivity contribution in [3.05, 3.63) is 25.9 Å². The first kappa shape index (κ1) is 10.3. The first-order chi connectivity index (χ1) is 5.54. The van der Waals surface area contributed by atoms with Gasteiger partial charge in [-0.25, -0.2) is 13.8 Å². The molecule has 0 aliphatic heterocycles. The third kappa shape index (κ3) is 1.95. The summed E-state index contributed by atoms with van der Waals surface area (Å²) in [5.74, 6) is 0. The summed E-state index contributed by atoms with van der Waals surface area (Å²) in [6.45, 7) is 0. The maximum absolute atomic E-state index is 12.3. The molecule has 0 unspecified atom stereocenters. The van der Waals surface area contributed by atoms with Crippen molar-refractivity contribution in [1.29, 1.82) is 0 Å². The van der Waals surface area contributed by atoms with E-state index in [2.05, 4.69) is 36.8 Å². The third-order valence-electron chi connectivity index (χ3n) is 1.18. The second-order valence-corrected chi connectivity index (χ2v) is 3.91. The number of rotatable bonds is 1. The van der Waals surface area contributed by atoms with E-state index in [0.29, 0.717) is 4.47 Å². The van der Waals surface area contributed by atoms with Crippen LogP contribution in [0.4, 0.5) is 8.78 Å². The van der Waals surface area contributed by atoms with Gasteiger partial charge in [-0.05, 0) is 31.9 Å². The molecule has 0 aromatic carbocycles. The quantitative estimate of drug-likeness (QED) is 0.707.